The van der Waals surface area contributed by atoms with Crippen molar-refractivity contribution in [2.24, 2.45) is 0 Å². The van der Waals surface area contributed by atoms with Gasteiger partial charge in [0.15, 0.2) is 0 Å². The lowest BCUT2D eigenvalue weighted by molar-refractivity contribution is -0.121. The minimum absolute atomic E-state index is 0.0624. The number of nitrogens with one attached hydrogen (secondary N) is 1. The topological polar surface area (TPSA) is 58.4 Å². The molecule has 0 saturated carbocycles. The predicted octanol–water partition coefficient (Wildman–Crippen LogP) is 3.37. The number of carbonyl (C=O) groups excluding carboxylic acids is 1. The lowest BCUT2D eigenvalue weighted by atomic mass is 10.1. The van der Waals surface area contributed by atoms with Gasteiger partial charge in [-0.25, -0.2) is 0 Å². The molecule has 0 bridgehead atoms. The highest BCUT2D eigenvalue weighted by atomic mass is 35.5. The van der Waals surface area contributed by atoms with Gasteiger partial charge in [-0.05, 0) is 48.6 Å². The summed E-state index contributed by atoms with van der Waals surface area (Å²) in [6.07, 6.45) is 1.00. The van der Waals surface area contributed by atoms with Crippen molar-refractivity contribution in [1.29, 1.82) is 0 Å². The number of nitrogens with two attached hydrogens (primary N) is 1. The lowest BCUT2D eigenvalue weighted by Crippen LogP contribution is -2.44. The Labute approximate surface area is 138 Å². The zero-order chi connectivity index (χ0) is 15.7. The van der Waals surface area contributed by atoms with E-state index in [0.29, 0.717) is 16.4 Å². The molecular weight excluding hydrogens is 318 g/mol. The van der Waals surface area contributed by atoms with Crippen LogP contribution in [0.25, 0.3) is 0 Å². The highest BCUT2D eigenvalue weighted by Crippen LogP contribution is 2.26. The molecule has 1 aliphatic heterocycles. The Morgan fingerprint density at radius 1 is 1.45 bits per heavy atom. The van der Waals surface area contributed by atoms with Crippen molar-refractivity contribution >= 4 is 40.2 Å². The first kappa shape index (κ1) is 15.3. The van der Waals surface area contributed by atoms with Crippen molar-refractivity contribution < 1.29 is 4.79 Å². The number of nitrogen functional groups attached to an aromatic ring is 1. The SMILES string of the molecule is CC(C(=O)Nc1cc(Cl)ccc1N)N1CCc2sccc2C1. The fourth-order valence-electron chi connectivity index (χ4n) is 2.64. The van der Waals surface area contributed by atoms with E-state index in [2.05, 4.69) is 21.7 Å². The Bertz CT molecular complexity index is 700. The van der Waals surface area contributed by atoms with E-state index in [1.807, 2.05) is 6.92 Å². The number of halogens is 1. The number of nitrogens with zero attached hydrogens (tertiary/aromatic N) is 1. The van der Waals surface area contributed by atoms with Crippen LogP contribution in [0.2, 0.25) is 5.02 Å². The Kier molecular flexibility index (Phi) is 4.38. The number of benzene rings is 1. The fraction of sp³-hybridized carbons (Fsp3) is 0.312. The van der Waals surface area contributed by atoms with E-state index in [-0.39, 0.29) is 11.9 Å². The monoisotopic (exact) mass is 335 g/mol. The molecule has 1 amide bonds. The second-order valence-electron chi connectivity index (χ2n) is 5.49. The number of hydrogen-bond donors (Lipinski definition) is 2. The summed E-state index contributed by atoms with van der Waals surface area (Å²) in [5.41, 5.74) is 8.30. The quantitative estimate of drug-likeness (QED) is 0.845. The Hall–Kier alpha value is -1.56. The second-order valence-corrected chi connectivity index (χ2v) is 6.92. The number of hydrogen-bond acceptors (Lipinski definition) is 4. The fourth-order valence-corrected chi connectivity index (χ4v) is 3.70. The molecule has 0 radical (unpaired) electrons. The standard InChI is InChI=1S/C16H18ClN3OS/c1-10(20-6-4-15-11(9-20)5-7-22-15)16(21)19-14-8-12(17)2-3-13(14)18/h2-3,5,7-8,10H,4,6,9,18H2,1H3,(H,19,21). The van der Waals surface area contributed by atoms with E-state index in [9.17, 15) is 4.79 Å². The van der Waals surface area contributed by atoms with Gasteiger partial charge in [0.05, 0.1) is 17.4 Å². The van der Waals surface area contributed by atoms with Crippen LogP contribution in [-0.4, -0.2) is 23.4 Å². The lowest BCUT2D eigenvalue weighted by Gasteiger charge is -2.31. The number of fused-ring (bicyclic) bond motifs is 1. The maximum atomic E-state index is 12.5. The summed E-state index contributed by atoms with van der Waals surface area (Å²) in [4.78, 5) is 16.1. The van der Waals surface area contributed by atoms with Crippen LogP contribution < -0.4 is 11.1 Å². The van der Waals surface area contributed by atoms with Gasteiger partial charge in [0, 0.05) is 23.0 Å². The molecule has 0 aliphatic carbocycles. The van der Waals surface area contributed by atoms with Gasteiger partial charge in [0.25, 0.3) is 0 Å². The van der Waals surface area contributed by atoms with Gasteiger partial charge < -0.3 is 11.1 Å². The molecule has 4 nitrogen and oxygen atoms in total. The summed E-state index contributed by atoms with van der Waals surface area (Å²) in [5.74, 6) is -0.0624. The number of carbonyl (C=O) groups is 1. The molecule has 116 valence electrons. The van der Waals surface area contributed by atoms with Crippen LogP contribution in [0.3, 0.4) is 0 Å². The van der Waals surface area contributed by atoms with Crippen LogP contribution in [0.1, 0.15) is 17.4 Å². The first-order valence-electron chi connectivity index (χ1n) is 7.20. The molecule has 1 unspecified atom stereocenters. The van der Waals surface area contributed by atoms with Crippen molar-refractivity contribution in [2.75, 3.05) is 17.6 Å². The van der Waals surface area contributed by atoms with Gasteiger partial charge in [-0.2, -0.15) is 0 Å². The van der Waals surface area contributed by atoms with E-state index in [0.717, 1.165) is 19.5 Å². The van der Waals surface area contributed by atoms with Crippen molar-refractivity contribution in [2.45, 2.75) is 25.9 Å². The van der Waals surface area contributed by atoms with Gasteiger partial charge in [-0.3, -0.25) is 9.69 Å². The van der Waals surface area contributed by atoms with Crippen molar-refractivity contribution in [1.82, 2.24) is 4.90 Å². The minimum Gasteiger partial charge on any atom is -0.397 e. The van der Waals surface area contributed by atoms with Crippen LogP contribution in [0, 0.1) is 0 Å². The van der Waals surface area contributed by atoms with Crippen LogP contribution >= 0.6 is 22.9 Å². The van der Waals surface area contributed by atoms with E-state index in [1.165, 1.54) is 10.4 Å². The molecule has 0 spiro atoms. The smallest absolute Gasteiger partial charge is 0.241 e. The molecular formula is C16H18ClN3OS. The largest absolute Gasteiger partial charge is 0.397 e. The Morgan fingerprint density at radius 2 is 2.27 bits per heavy atom. The average molecular weight is 336 g/mol. The first-order chi connectivity index (χ1) is 10.5. The van der Waals surface area contributed by atoms with Crippen LogP contribution in [0.4, 0.5) is 11.4 Å². The average Bonchev–Trinajstić information content (AvgIpc) is 2.97. The van der Waals surface area contributed by atoms with Crippen LogP contribution in [0.5, 0.6) is 0 Å². The molecule has 2 aromatic rings. The number of thiophene rings is 1. The summed E-state index contributed by atoms with van der Waals surface area (Å²) in [6.45, 7) is 3.64. The van der Waals surface area contributed by atoms with Gasteiger partial charge in [-0.1, -0.05) is 11.6 Å². The predicted molar refractivity (Wildman–Crippen MR) is 92.4 cm³/mol. The summed E-state index contributed by atoms with van der Waals surface area (Å²) in [6, 6.07) is 7.01. The minimum atomic E-state index is -0.216. The molecule has 3 rings (SSSR count). The van der Waals surface area contributed by atoms with Gasteiger partial charge >= 0.3 is 0 Å². The van der Waals surface area contributed by atoms with Crippen molar-refractivity contribution in [3.63, 3.8) is 0 Å². The maximum absolute atomic E-state index is 12.5. The van der Waals surface area contributed by atoms with E-state index < -0.39 is 0 Å². The summed E-state index contributed by atoms with van der Waals surface area (Å²) in [5, 5.41) is 5.55. The highest BCUT2D eigenvalue weighted by Gasteiger charge is 2.26. The molecule has 0 saturated heterocycles. The van der Waals surface area contributed by atoms with Gasteiger partial charge in [0.2, 0.25) is 5.91 Å². The van der Waals surface area contributed by atoms with Crippen LogP contribution in [-0.2, 0) is 17.8 Å². The molecule has 0 fully saturated rings. The molecule has 1 aromatic carbocycles. The Morgan fingerprint density at radius 3 is 3.09 bits per heavy atom. The van der Waals surface area contributed by atoms with Crippen molar-refractivity contribution in [3.05, 3.63) is 45.1 Å². The molecule has 6 heteroatoms. The molecule has 3 N–H and O–H groups in total. The number of rotatable bonds is 3. The molecule has 1 aliphatic rings. The summed E-state index contributed by atoms with van der Waals surface area (Å²) in [7, 11) is 0. The number of anilines is 2. The maximum Gasteiger partial charge on any atom is 0.241 e. The van der Waals surface area contributed by atoms with Crippen molar-refractivity contribution in [3.8, 4) is 0 Å². The Balaban J connectivity index is 1.69. The summed E-state index contributed by atoms with van der Waals surface area (Å²) < 4.78 is 0. The van der Waals surface area contributed by atoms with E-state index in [1.54, 1.807) is 29.5 Å². The number of amides is 1. The third-order valence-electron chi connectivity index (χ3n) is 4.04. The zero-order valence-corrected chi connectivity index (χ0v) is 13.9. The highest BCUT2D eigenvalue weighted by molar-refractivity contribution is 7.10. The second kappa shape index (κ2) is 6.28. The van der Waals surface area contributed by atoms with E-state index >= 15 is 0 Å². The van der Waals surface area contributed by atoms with E-state index in [4.69, 9.17) is 17.3 Å². The van der Waals surface area contributed by atoms with Gasteiger partial charge in [0.1, 0.15) is 0 Å². The molecule has 22 heavy (non-hydrogen) atoms. The third-order valence-corrected chi connectivity index (χ3v) is 5.30. The molecule has 2 heterocycles. The summed E-state index contributed by atoms with van der Waals surface area (Å²) >= 11 is 7.75. The zero-order valence-electron chi connectivity index (χ0n) is 12.3. The molecule has 1 atom stereocenters. The van der Waals surface area contributed by atoms with Crippen LogP contribution in [0.15, 0.2) is 29.6 Å². The van der Waals surface area contributed by atoms with Gasteiger partial charge in [-0.15, -0.1) is 11.3 Å². The molecule has 1 aromatic heterocycles. The first-order valence-corrected chi connectivity index (χ1v) is 8.45. The third kappa shape index (κ3) is 3.11. The normalized spacial score (nSPS) is 16.1.